The highest BCUT2D eigenvalue weighted by molar-refractivity contribution is 6.30. The molecule has 0 atom stereocenters. The summed E-state index contributed by atoms with van der Waals surface area (Å²) in [5.41, 5.74) is 2.01. The maximum absolute atomic E-state index is 12.2. The number of halogens is 3. The standard InChI is InChI=1S/C22H26ClF2N3O2/c23-18-6-4-16(5-7-18)14-28-10-8-19(9-11-28)27-22(29)26-13-17-2-1-3-20(12-17)30-15-21(24)25/h1-7,12,19,21H,8-11,13-15H2,(H2,26,27,29). The van der Waals surface area contributed by atoms with E-state index in [0.29, 0.717) is 12.3 Å². The third-order valence-electron chi connectivity index (χ3n) is 4.97. The van der Waals surface area contributed by atoms with E-state index in [-0.39, 0.29) is 12.1 Å². The Kier molecular flexibility index (Phi) is 8.28. The predicted molar refractivity (Wildman–Crippen MR) is 113 cm³/mol. The van der Waals surface area contributed by atoms with Gasteiger partial charge in [-0.1, -0.05) is 35.9 Å². The molecule has 1 saturated heterocycles. The van der Waals surface area contributed by atoms with E-state index in [2.05, 4.69) is 15.5 Å². The van der Waals surface area contributed by atoms with Gasteiger partial charge in [0.05, 0.1) is 0 Å². The smallest absolute Gasteiger partial charge is 0.315 e. The van der Waals surface area contributed by atoms with Crippen molar-refractivity contribution in [2.45, 2.75) is 38.4 Å². The maximum Gasteiger partial charge on any atom is 0.315 e. The van der Waals surface area contributed by atoms with Gasteiger partial charge in [0, 0.05) is 37.2 Å². The summed E-state index contributed by atoms with van der Waals surface area (Å²) in [5.74, 6) is 0.364. The maximum atomic E-state index is 12.2. The molecule has 0 unspecified atom stereocenters. The van der Waals surface area contributed by atoms with Crippen molar-refractivity contribution < 1.29 is 18.3 Å². The topological polar surface area (TPSA) is 53.6 Å². The molecule has 0 radical (unpaired) electrons. The zero-order valence-corrected chi connectivity index (χ0v) is 17.4. The van der Waals surface area contributed by atoms with Gasteiger partial charge in [0.25, 0.3) is 6.43 Å². The van der Waals surface area contributed by atoms with Crippen LogP contribution in [-0.4, -0.2) is 43.1 Å². The molecule has 1 aliphatic rings. The first-order chi connectivity index (χ1) is 14.5. The largest absolute Gasteiger partial charge is 0.488 e. The molecule has 1 aliphatic heterocycles. The van der Waals surface area contributed by atoms with Crippen LogP contribution in [0.25, 0.3) is 0 Å². The molecule has 2 aromatic rings. The van der Waals surface area contributed by atoms with Crippen LogP contribution in [0.4, 0.5) is 13.6 Å². The van der Waals surface area contributed by atoms with Crippen molar-refractivity contribution in [1.82, 2.24) is 15.5 Å². The quantitative estimate of drug-likeness (QED) is 0.641. The zero-order chi connectivity index (χ0) is 21.3. The molecule has 0 saturated carbocycles. The monoisotopic (exact) mass is 437 g/mol. The van der Waals surface area contributed by atoms with E-state index >= 15 is 0 Å². The molecule has 2 aromatic carbocycles. The third-order valence-corrected chi connectivity index (χ3v) is 5.22. The van der Waals surface area contributed by atoms with Gasteiger partial charge in [-0.05, 0) is 48.2 Å². The molecule has 0 bridgehead atoms. The number of carbonyl (C=O) groups excluding carboxylic acids is 1. The molecule has 1 heterocycles. The Bertz CT molecular complexity index is 812. The lowest BCUT2D eigenvalue weighted by Gasteiger charge is -2.32. The number of ether oxygens (including phenoxy) is 1. The molecule has 0 aromatic heterocycles. The van der Waals surface area contributed by atoms with Gasteiger partial charge in [-0.15, -0.1) is 0 Å². The molecule has 0 aliphatic carbocycles. The van der Waals surface area contributed by atoms with E-state index in [0.717, 1.165) is 43.1 Å². The van der Waals surface area contributed by atoms with Crippen LogP contribution in [0.2, 0.25) is 5.02 Å². The number of nitrogens with zero attached hydrogens (tertiary/aromatic N) is 1. The van der Waals surface area contributed by atoms with E-state index in [1.54, 1.807) is 18.2 Å². The van der Waals surface area contributed by atoms with Gasteiger partial charge in [0.1, 0.15) is 12.4 Å². The van der Waals surface area contributed by atoms with Crippen molar-refractivity contribution >= 4 is 17.6 Å². The second-order valence-corrected chi connectivity index (χ2v) is 7.79. The van der Waals surface area contributed by atoms with Crippen LogP contribution < -0.4 is 15.4 Å². The van der Waals surface area contributed by atoms with Crippen LogP contribution in [0.1, 0.15) is 24.0 Å². The van der Waals surface area contributed by atoms with Crippen molar-refractivity contribution in [3.05, 3.63) is 64.7 Å². The van der Waals surface area contributed by atoms with Crippen molar-refractivity contribution in [2.75, 3.05) is 19.7 Å². The number of benzene rings is 2. The number of rotatable bonds is 8. The number of carbonyl (C=O) groups is 1. The van der Waals surface area contributed by atoms with Crippen LogP contribution >= 0.6 is 11.6 Å². The van der Waals surface area contributed by atoms with Gasteiger partial charge in [0.2, 0.25) is 0 Å². The highest BCUT2D eigenvalue weighted by Gasteiger charge is 2.20. The molecule has 5 nitrogen and oxygen atoms in total. The second kappa shape index (κ2) is 11.1. The van der Waals surface area contributed by atoms with Crippen molar-refractivity contribution in [3.8, 4) is 5.75 Å². The Morgan fingerprint density at radius 3 is 2.57 bits per heavy atom. The van der Waals surface area contributed by atoms with Gasteiger partial charge in [-0.25, -0.2) is 13.6 Å². The second-order valence-electron chi connectivity index (χ2n) is 7.35. The first-order valence-corrected chi connectivity index (χ1v) is 10.4. The van der Waals surface area contributed by atoms with Gasteiger partial charge in [-0.2, -0.15) is 0 Å². The van der Waals surface area contributed by atoms with Crippen molar-refractivity contribution in [3.63, 3.8) is 0 Å². The molecule has 2 amide bonds. The summed E-state index contributed by atoms with van der Waals surface area (Å²) in [5, 5.41) is 6.56. The minimum atomic E-state index is -2.52. The van der Waals surface area contributed by atoms with Crippen molar-refractivity contribution in [2.24, 2.45) is 0 Å². The number of urea groups is 1. The summed E-state index contributed by atoms with van der Waals surface area (Å²) < 4.78 is 29.5. The summed E-state index contributed by atoms with van der Waals surface area (Å²) in [6.07, 6.45) is -0.745. The lowest BCUT2D eigenvalue weighted by Crippen LogP contribution is -2.47. The zero-order valence-electron chi connectivity index (χ0n) is 16.6. The lowest BCUT2D eigenvalue weighted by atomic mass is 10.0. The van der Waals surface area contributed by atoms with Gasteiger partial charge in [0.15, 0.2) is 0 Å². The molecular formula is C22H26ClF2N3O2. The average Bonchev–Trinajstić information content (AvgIpc) is 2.74. The molecule has 0 spiro atoms. The minimum absolute atomic E-state index is 0.132. The van der Waals surface area contributed by atoms with Crippen LogP contribution in [0, 0.1) is 0 Å². The van der Waals surface area contributed by atoms with E-state index in [4.69, 9.17) is 16.3 Å². The third kappa shape index (κ3) is 7.46. The Hall–Kier alpha value is -2.38. The number of hydrogen-bond donors (Lipinski definition) is 2. The fraction of sp³-hybridized carbons (Fsp3) is 0.409. The molecule has 2 N–H and O–H groups in total. The van der Waals surface area contributed by atoms with E-state index in [1.165, 1.54) is 5.56 Å². The minimum Gasteiger partial charge on any atom is -0.488 e. The number of amides is 2. The van der Waals surface area contributed by atoms with Gasteiger partial charge < -0.3 is 15.4 Å². The van der Waals surface area contributed by atoms with E-state index in [1.807, 2.05) is 30.3 Å². The Labute approximate surface area is 180 Å². The van der Waals surface area contributed by atoms with Crippen LogP contribution in [-0.2, 0) is 13.1 Å². The van der Waals surface area contributed by atoms with Gasteiger partial charge >= 0.3 is 6.03 Å². The molecule has 162 valence electrons. The SMILES string of the molecule is O=C(NCc1cccc(OCC(F)F)c1)NC1CCN(Cc2ccc(Cl)cc2)CC1. The first-order valence-electron chi connectivity index (χ1n) is 9.99. The highest BCUT2D eigenvalue weighted by atomic mass is 35.5. The Balaban J connectivity index is 1.37. The summed E-state index contributed by atoms with van der Waals surface area (Å²) >= 11 is 5.93. The molecular weight excluding hydrogens is 412 g/mol. The number of piperidine rings is 1. The summed E-state index contributed by atoms with van der Waals surface area (Å²) in [4.78, 5) is 14.6. The van der Waals surface area contributed by atoms with Crippen LogP contribution in [0.3, 0.4) is 0 Å². The molecule has 3 rings (SSSR count). The predicted octanol–water partition coefficient (Wildman–Crippen LogP) is 4.45. The Morgan fingerprint density at radius 1 is 1.13 bits per heavy atom. The number of likely N-dealkylation sites (tertiary alicyclic amines) is 1. The lowest BCUT2D eigenvalue weighted by molar-refractivity contribution is 0.0818. The summed E-state index contributed by atoms with van der Waals surface area (Å²) in [7, 11) is 0. The fourth-order valence-electron chi connectivity index (χ4n) is 3.41. The average molecular weight is 438 g/mol. The van der Waals surface area contributed by atoms with Crippen LogP contribution in [0.15, 0.2) is 48.5 Å². The van der Waals surface area contributed by atoms with Crippen molar-refractivity contribution in [1.29, 1.82) is 0 Å². The van der Waals surface area contributed by atoms with E-state index in [9.17, 15) is 13.6 Å². The normalized spacial score (nSPS) is 15.2. The summed E-state index contributed by atoms with van der Waals surface area (Å²) in [6, 6.07) is 14.6. The fourth-order valence-corrected chi connectivity index (χ4v) is 3.53. The molecule has 30 heavy (non-hydrogen) atoms. The molecule has 1 fully saturated rings. The number of nitrogens with one attached hydrogen (secondary N) is 2. The number of hydrogen-bond acceptors (Lipinski definition) is 3. The Morgan fingerprint density at radius 2 is 1.87 bits per heavy atom. The number of alkyl halides is 2. The summed E-state index contributed by atoms with van der Waals surface area (Å²) in [6.45, 7) is 2.36. The van der Waals surface area contributed by atoms with Crippen LogP contribution in [0.5, 0.6) is 5.75 Å². The van der Waals surface area contributed by atoms with Gasteiger partial charge in [-0.3, -0.25) is 4.90 Å². The first kappa shape index (κ1) is 22.3. The molecule has 8 heteroatoms. The van der Waals surface area contributed by atoms with E-state index < -0.39 is 13.0 Å². The highest BCUT2D eigenvalue weighted by Crippen LogP contribution is 2.16.